The van der Waals surface area contributed by atoms with E-state index in [2.05, 4.69) is 16.6 Å². The second-order valence-electron chi connectivity index (χ2n) is 8.50. The van der Waals surface area contributed by atoms with Crippen molar-refractivity contribution in [3.05, 3.63) is 71.3 Å². The van der Waals surface area contributed by atoms with E-state index in [0.717, 1.165) is 11.5 Å². The summed E-state index contributed by atoms with van der Waals surface area (Å²) in [6, 6.07) is 11.1. The van der Waals surface area contributed by atoms with E-state index in [1.807, 2.05) is 0 Å². The summed E-state index contributed by atoms with van der Waals surface area (Å²) in [7, 11) is 0. The molecule has 0 saturated heterocycles. The monoisotopic (exact) mass is 512 g/mol. The highest BCUT2D eigenvalue weighted by Gasteiger charge is 2.33. The molecule has 37 heavy (non-hydrogen) atoms. The van der Waals surface area contributed by atoms with Gasteiger partial charge in [-0.15, -0.1) is 13.2 Å². The van der Waals surface area contributed by atoms with Crippen LogP contribution in [0, 0.1) is 0 Å². The molecule has 0 saturated carbocycles. The predicted octanol–water partition coefficient (Wildman–Crippen LogP) is 3.73. The Balaban J connectivity index is 1.82. The quantitative estimate of drug-likeness (QED) is 0.328. The molecule has 0 aliphatic carbocycles. The molecule has 3 aromatic rings. The molecular formula is C26H23F3N4O4. The minimum absolute atomic E-state index is 0.0317. The van der Waals surface area contributed by atoms with Crippen LogP contribution in [0.4, 0.5) is 18.9 Å². The average Bonchev–Trinajstić information content (AvgIpc) is 3.14. The molecule has 11 heteroatoms. The Kier molecular flexibility index (Phi) is 6.55. The molecule has 0 atom stereocenters. The van der Waals surface area contributed by atoms with Gasteiger partial charge in [0.25, 0.3) is 11.8 Å². The van der Waals surface area contributed by atoms with Gasteiger partial charge in [-0.1, -0.05) is 24.8 Å². The van der Waals surface area contributed by atoms with E-state index >= 15 is 0 Å². The number of ether oxygens (including phenoxy) is 1. The molecule has 1 aliphatic rings. The van der Waals surface area contributed by atoms with Crippen molar-refractivity contribution in [2.24, 2.45) is 5.73 Å². The number of nitrogens with two attached hydrogens (primary N) is 2. The smallest absolute Gasteiger partial charge is 0.404 e. The minimum atomic E-state index is -5.02. The molecule has 4 rings (SSSR count). The number of hydrogen-bond donors (Lipinski definition) is 3. The van der Waals surface area contributed by atoms with Crippen LogP contribution >= 0.6 is 0 Å². The zero-order valence-electron chi connectivity index (χ0n) is 19.7. The van der Waals surface area contributed by atoms with Crippen LogP contribution in [0.5, 0.6) is 5.75 Å². The second-order valence-corrected chi connectivity index (χ2v) is 8.50. The number of nitrogens with one attached hydrogen (secondary N) is 1. The first-order chi connectivity index (χ1) is 17.4. The largest absolute Gasteiger partial charge is 0.573 e. The number of fused-ring (bicyclic) bond motifs is 3. The Morgan fingerprint density at radius 1 is 1.14 bits per heavy atom. The molecule has 0 unspecified atom stereocenters. The van der Waals surface area contributed by atoms with Gasteiger partial charge in [-0.3, -0.25) is 14.4 Å². The fourth-order valence-electron chi connectivity index (χ4n) is 4.25. The van der Waals surface area contributed by atoms with Crippen LogP contribution in [-0.2, 0) is 11.3 Å². The molecular weight excluding hydrogens is 489 g/mol. The number of nitrogens with zero attached hydrogens (tertiary/aromatic N) is 1. The number of primary amides is 1. The van der Waals surface area contributed by atoms with Gasteiger partial charge in [-0.2, -0.15) is 0 Å². The van der Waals surface area contributed by atoms with E-state index in [4.69, 9.17) is 11.5 Å². The van der Waals surface area contributed by atoms with Crippen molar-refractivity contribution in [3.8, 4) is 16.9 Å². The summed E-state index contributed by atoms with van der Waals surface area (Å²) in [6.07, 6.45) is -5.02. The normalized spacial score (nSPS) is 13.0. The SMILES string of the molecule is C=C(CN1Cc2c(ccc3ccc(-c4cc(OC(F)(F)F)c(N)c(C(=O)NCC)c4)cc23)C1=O)C(N)=O. The maximum Gasteiger partial charge on any atom is 0.573 e. The maximum atomic E-state index is 13.1. The lowest BCUT2D eigenvalue weighted by Crippen LogP contribution is -2.30. The first-order valence-electron chi connectivity index (χ1n) is 11.2. The summed E-state index contributed by atoms with van der Waals surface area (Å²) < 4.78 is 43.3. The van der Waals surface area contributed by atoms with Gasteiger partial charge < -0.3 is 26.4 Å². The van der Waals surface area contributed by atoms with Crippen molar-refractivity contribution in [2.75, 3.05) is 18.8 Å². The van der Waals surface area contributed by atoms with Crippen molar-refractivity contribution in [2.45, 2.75) is 19.8 Å². The van der Waals surface area contributed by atoms with Crippen molar-refractivity contribution in [3.63, 3.8) is 0 Å². The Labute approximate surface area is 209 Å². The van der Waals surface area contributed by atoms with Crippen LogP contribution in [0.2, 0.25) is 0 Å². The van der Waals surface area contributed by atoms with Crippen LogP contribution < -0.4 is 21.5 Å². The molecule has 0 fully saturated rings. The molecule has 1 heterocycles. The Hall–Kier alpha value is -4.54. The van der Waals surface area contributed by atoms with Crippen LogP contribution in [0.1, 0.15) is 33.2 Å². The Bertz CT molecular complexity index is 1470. The lowest BCUT2D eigenvalue weighted by atomic mass is 9.95. The number of nitrogen functional groups attached to an aromatic ring is 1. The van der Waals surface area contributed by atoms with Gasteiger partial charge in [0.15, 0.2) is 5.75 Å². The second kappa shape index (κ2) is 9.49. The summed E-state index contributed by atoms with van der Waals surface area (Å²) in [5.41, 5.74) is 12.5. The minimum Gasteiger partial charge on any atom is -0.404 e. The van der Waals surface area contributed by atoms with E-state index in [-0.39, 0.29) is 42.2 Å². The van der Waals surface area contributed by atoms with E-state index in [0.29, 0.717) is 22.1 Å². The summed E-state index contributed by atoms with van der Waals surface area (Å²) in [6.45, 7) is 5.67. The predicted molar refractivity (Wildman–Crippen MR) is 132 cm³/mol. The number of carbonyl (C=O) groups excluding carboxylic acids is 3. The summed E-state index contributed by atoms with van der Waals surface area (Å²) in [4.78, 5) is 38.3. The number of rotatable bonds is 7. The van der Waals surface area contributed by atoms with E-state index in [1.165, 1.54) is 11.0 Å². The lowest BCUT2D eigenvalue weighted by Gasteiger charge is -2.17. The van der Waals surface area contributed by atoms with Gasteiger partial charge in [0, 0.05) is 24.2 Å². The number of anilines is 1. The van der Waals surface area contributed by atoms with Gasteiger partial charge >= 0.3 is 6.36 Å². The molecule has 0 spiro atoms. The number of carbonyl (C=O) groups is 3. The van der Waals surface area contributed by atoms with Crippen LogP contribution in [-0.4, -0.2) is 42.1 Å². The highest BCUT2D eigenvalue weighted by molar-refractivity contribution is 6.06. The van der Waals surface area contributed by atoms with Crippen LogP contribution in [0.3, 0.4) is 0 Å². The molecule has 3 aromatic carbocycles. The fourth-order valence-corrected chi connectivity index (χ4v) is 4.25. The number of benzene rings is 3. The standard InChI is InChI=1S/C26H23F3N4O4/c1-3-32-24(35)19-9-16(10-21(22(19)30)37-26(27,28)29)15-5-4-14-6-7-17-20(18(14)8-15)12-33(25(17)36)11-13(2)23(31)34/h4-10H,2-3,11-12,30H2,1H3,(H2,31,34)(H,32,35). The molecule has 0 radical (unpaired) electrons. The van der Waals surface area contributed by atoms with Gasteiger partial charge in [-0.25, -0.2) is 0 Å². The van der Waals surface area contributed by atoms with E-state index in [9.17, 15) is 27.6 Å². The van der Waals surface area contributed by atoms with Crippen molar-refractivity contribution >= 4 is 34.2 Å². The van der Waals surface area contributed by atoms with Gasteiger partial charge in [0.1, 0.15) is 0 Å². The summed E-state index contributed by atoms with van der Waals surface area (Å²) >= 11 is 0. The van der Waals surface area contributed by atoms with Crippen LogP contribution in [0.25, 0.3) is 21.9 Å². The van der Waals surface area contributed by atoms with Gasteiger partial charge in [-0.05, 0) is 58.7 Å². The molecule has 192 valence electrons. The molecule has 5 N–H and O–H groups in total. The lowest BCUT2D eigenvalue weighted by molar-refractivity contribution is -0.274. The molecule has 1 aliphatic heterocycles. The summed E-state index contributed by atoms with van der Waals surface area (Å²) in [5, 5.41) is 4.00. The van der Waals surface area contributed by atoms with Crippen molar-refractivity contribution in [1.82, 2.24) is 10.2 Å². The van der Waals surface area contributed by atoms with Crippen LogP contribution in [0.15, 0.2) is 54.6 Å². The number of alkyl halides is 3. The van der Waals surface area contributed by atoms with E-state index < -0.39 is 29.6 Å². The molecule has 3 amide bonds. The zero-order chi connectivity index (χ0) is 27.1. The highest BCUT2D eigenvalue weighted by Crippen LogP contribution is 2.38. The third-order valence-electron chi connectivity index (χ3n) is 6.01. The molecule has 0 aromatic heterocycles. The Morgan fingerprint density at radius 2 is 1.84 bits per heavy atom. The average molecular weight is 512 g/mol. The van der Waals surface area contributed by atoms with Crippen molar-refractivity contribution < 1.29 is 32.3 Å². The third kappa shape index (κ3) is 5.06. The fraction of sp³-hybridized carbons (Fsp3) is 0.192. The van der Waals surface area contributed by atoms with Gasteiger partial charge in [0.05, 0.1) is 17.8 Å². The Morgan fingerprint density at radius 3 is 2.49 bits per heavy atom. The topological polar surface area (TPSA) is 128 Å². The van der Waals surface area contributed by atoms with Gasteiger partial charge in [0.2, 0.25) is 5.91 Å². The highest BCUT2D eigenvalue weighted by atomic mass is 19.4. The third-order valence-corrected chi connectivity index (χ3v) is 6.01. The van der Waals surface area contributed by atoms with E-state index in [1.54, 1.807) is 37.3 Å². The summed E-state index contributed by atoms with van der Waals surface area (Å²) in [5.74, 6) is -2.35. The number of halogens is 3. The first-order valence-corrected chi connectivity index (χ1v) is 11.2. The van der Waals surface area contributed by atoms with Crippen molar-refractivity contribution in [1.29, 1.82) is 0 Å². The maximum absolute atomic E-state index is 13.1. The molecule has 0 bridgehead atoms. The molecule has 8 nitrogen and oxygen atoms in total. The number of hydrogen-bond acceptors (Lipinski definition) is 5. The number of amides is 3. The zero-order valence-corrected chi connectivity index (χ0v) is 19.7. The first kappa shape index (κ1) is 25.5.